The van der Waals surface area contributed by atoms with Crippen molar-refractivity contribution in [3.63, 3.8) is 0 Å². The molecule has 1 N–H and O–H groups in total. The number of benzene rings is 1. The molecule has 0 aliphatic rings. The van der Waals surface area contributed by atoms with Crippen LogP contribution in [0.4, 0.5) is 13.2 Å². The van der Waals surface area contributed by atoms with Gasteiger partial charge >= 0.3 is 6.18 Å². The van der Waals surface area contributed by atoms with Crippen molar-refractivity contribution in [2.45, 2.75) is 44.9 Å². The maximum absolute atomic E-state index is 12.5. The molecule has 0 bridgehead atoms. The molecule has 1 rings (SSSR count). The zero-order valence-electron chi connectivity index (χ0n) is 11.5. The maximum atomic E-state index is 12.5. The van der Waals surface area contributed by atoms with E-state index in [0.717, 1.165) is 44.2 Å². The molecule has 0 amide bonds. The number of rotatable bonds is 9. The lowest BCUT2D eigenvalue weighted by molar-refractivity contribution is -0.137. The molecule has 1 aromatic carbocycles. The van der Waals surface area contributed by atoms with E-state index >= 15 is 0 Å². The minimum absolute atomic E-state index is 0.209. The molecule has 20 heavy (non-hydrogen) atoms. The van der Waals surface area contributed by atoms with Gasteiger partial charge in [-0.05, 0) is 30.5 Å². The lowest BCUT2D eigenvalue weighted by atomic mass is 10.1. The van der Waals surface area contributed by atoms with Crippen LogP contribution in [0.15, 0.2) is 24.3 Å². The Bertz CT molecular complexity index is 378. The number of alkyl halides is 3. The van der Waals surface area contributed by atoms with Crippen LogP contribution in [0.5, 0.6) is 0 Å². The summed E-state index contributed by atoms with van der Waals surface area (Å²) in [4.78, 5) is 0. The normalized spacial score (nSPS) is 11.8. The topological polar surface area (TPSA) is 29.5 Å². The van der Waals surface area contributed by atoms with Crippen LogP contribution in [0.2, 0.25) is 0 Å². The first-order chi connectivity index (χ1) is 9.54. The fourth-order valence-corrected chi connectivity index (χ4v) is 1.87. The molecule has 0 radical (unpaired) electrons. The molecule has 0 saturated heterocycles. The number of aliphatic hydroxyl groups excluding tert-OH is 1. The van der Waals surface area contributed by atoms with Crippen LogP contribution in [0.3, 0.4) is 0 Å². The summed E-state index contributed by atoms with van der Waals surface area (Å²) in [5.74, 6) is 0. The highest BCUT2D eigenvalue weighted by molar-refractivity contribution is 5.25. The average Bonchev–Trinajstić information content (AvgIpc) is 2.41. The minimum Gasteiger partial charge on any atom is -0.396 e. The van der Waals surface area contributed by atoms with Crippen LogP contribution in [0.1, 0.15) is 43.2 Å². The van der Waals surface area contributed by atoms with Crippen molar-refractivity contribution >= 4 is 0 Å². The van der Waals surface area contributed by atoms with Crippen LogP contribution in [-0.2, 0) is 17.5 Å². The zero-order valence-corrected chi connectivity index (χ0v) is 11.5. The third-order valence-electron chi connectivity index (χ3n) is 2.97. The zero-order chi connectivity index (χ0) is 14.8. The molecule has 0 spiro atoms. The average molecular weight is 290 g/mol. The molecule has 0 atom stereocenters. The third-order valence-corrected chi connectivity index (χ3v) is 2.97. The number of unbranched alkanes of at least 4 members (excludes halogenated alkanes) is 4. The molecule has 0 saturated carbocycles. The molecule has 5 heteroatoms. The van der Waals surface area contributed by atoms with Gasteiger partial charge in [-0.2, -0.15) is 13.2 Å². The molecule has 2 nitrogen and oxygen atoms in total. The van der Waals surface area contributed by atoms with Crippen LogP contribution < -0.4 is 0 Å². The van der Waals surface area contributed by atoms with Gasteiger partial charge in [-0.25, -0.2) is 0 Å². The summed E-state index contributed by atoms with van der Waals surface area (Å²) in [6.07, 6.45) is 0.485. The highest BCUT2D eigenvalue weighted by atomic mass is 19.4. The highest BCUT2D eigenvalue weighted by Gasteiger charge is 2.30. The summed E-state index contributed by atoms with van der Waals surface area (Å²) >= 11 is 0. The van der Waals surface area contributed by atoms with E-state index < -0.39 is 11.7 Å². The Balaban J connectivity index is 2.19. The van der Waals surface area contributed by atoms with Gasteiger partial charge in [0.25, 0.3) is 0 Å². The second-order valence-corrected chi connectivity index (χ2v) is 4.74. The van der Waals surface area contributed by atoms with Crippen molar-refractivity contribution < 1.29 is 23.0 Å². The van der Waals surface area contributed by atoms with Crippen molar-refractivity contribution in [1.29, 1.82) is 0 Å². The second-order valence-electron chi connectivity index (χ2n) is 4.74. The summed E-state index contributed by atoms with van der Waals surface area (Å²) in [6.45, 7) is 0.988. The molecular formula is C15H21F3O2. The predicted molar refractivity (Wildman–Crippen MR) is 71.3 cm³/mol. The third kappa shape index (κ3) is 6.91. The maximum Gasteiger partial charge on any atom is 0.416 e. The highest BCUT2D eigenvalue weighted by Crippen LogP contribution is 2.29. The quantitative estimate of drug-likeness (QED) is 0.692. The predicted octanol–water partition coefficient (Wildman–Crippen LogP) is 4.16. The molecule has 114 valence electrons. The minimum atomic E-state index is -4.30. The van der Waals surface area contributed by atoms with Gasteiger partial charge in [-0.3, -0.25) is 0 Å². The standard InChI is InChI=1S/C15H21F3O2/c16-15(17,18)14-8-6-7-13(11-14)12-20-10-5-3-1-2-4-9-19/h6-8,11,19H,1-5,9-10,12H2. The van der Waals surface area contributed by atoms with Crippen LogP contribution >= 0.6 is 0 Å². The van der Waals surface area contributed by atoms with Gasteiger partial charge in [0.15, 0.2) is 0 Å². The Morgan fingerprint density at radius 1 is 1.00 bits per heavy atom. The largest absolute Gasteiger partial charge is 0.416 e. The van der Waals surface area contributed by atoms with Crippen LogP contribution in [0.25, 0.3) is 0 Å². The van der Waals surface area contributed by atoms with E-state index in [1.165, 1.54) is 6.07 Å². The number of hydrogen-bond acceptors (Lipinski definition) is 2. The van der Waals surface area contributed by atoms with Crippen LogP contribution in [0, 0.1) is 0 Å². The van der Waals surface area contributed by atoms with Gasteiger partial charge in [0.2, 0.25) is 0 Å². The molecule has 0 heterocycles. The molecule has 1 aromatic rings. The SMILES string of the molecule is OCCCCCCCOCc1cccc(C(F)(F)F)c1. The summed E-state index contributed by atoms with van der Waals surface area (Å²) in [7, 11) is 0. The van der Waals surface area contributed by atoms with E-state index in [2.05, 4.69) is 0 Å². The fraction of sp³-hybridized carbons (Fsp3) is 0.600. The van der Waals surface area contributed by atoms with Gasteiger partial charge in [-0.15, -0.1) is 0 Å². The Kier molecular flexibility index (Phi) is 7.62. The summed E-state index contributed by atoms with van der Waals surface area (Å²) in [6, 6.07) is 5.22. The fourth-order valence-electron chi connectivity index (χ4n) is 1.87. The number of halogens is 3. The van der Waals surface area contributed by atoms with E-state index in [1.807, 2.05) is 0 Å². The molecular weight excluding hydrogens is 269 g/mol. The lowest BCUT2D eigenvalue weighted by Gasteiger charge is -2.09. The van der Waals surface area contributed by atoms with Crippen molar-refractivity contribution in [3.05, 3.63) is 35.4 Å². The molecule has 0 aliphatic carbocycles. The molecule has 0 unspecified atom stereocenters. The molecule has 0 fully saturated rings. The monoisotopic (exact) mass is 290 g/mol. The van der Waals surface area contributed by atoms with Crippen LogP contribution in [-0.4, -0.2) is 18.3 Å². The van der Waals surface area contributed by atoms with E-state index in [9.17, 15) is 13.2 Å². The van der Waals surface area contributed by atoms with Gasteiger partial charge in [0.1, 0.15) is 0 Å². The van der Waals surface area contributed by atoms with Crippen molar-refractivity contribution in [2.75, 3.05) is 13.2 Å². The van der Waals surface area contributed by atoms with Gasteiger partial charge < -0.3 is 9.84 Å². The second kappa shape index (κ2) is 8.97. The van der Waals surface area contributed by atoms with Crippen molar-refractivity contribution in [1.82, 2.24) is 0 Å². The van der Waals surface area contributed by atoms with E-state index in [1.54, 1.807) is 6.07 Å². The molecule has 0 aromatic heterocycles. The van der Waals surface area contributed by atoms with E-state index in [4.69, 9.17) is 9.84 Å². The first kappa shape index (κ1) is 17.0. The first-order valence-electron chi connectivity index (χ1n) is 6.89. The Labute approximate surface area is 117 Å². The van der Waals surface area contributed by atoms with Crippen molar-refractivity contribution in [3.8, 4) is 0 Å². The Morgan fingerprint density at radius 3 is 2.40 bits per heavy atom. The molecule has 0 aliphatic heterocycles. The Morgan fingerprint density at radius 2 is 1.70 bits per heavy atom. The number of ether oxygens (including phenoxy) is 1. The number of aliphatic hydroxyl groups is 1. The van der Waals surface area contributed by atoms with Gasteiger partial charge in [0.05, 0.1) is 12.2 Å². The van der Waals surface area contributed by atoms with E-state index in [-0.39, 0.29) is 13.2 Å². The van der Waals surface area contributed by atoms with E-state index in [0.29, 0.717) is 12.2 Å². The Hall–Kier alpha value is -1.07. The first-order valence-corrected chi connectivity index (χ1v) is 6.89. The van der Waals surface area contributed by atoms with Gasteiger partial charge in [-0.1, -0.05) is 31.4 Å². The lowest BCUT2D eigenvalue weighted by Crippen LogP contribution is -2.05. The van der Waals surface area contributed by atoms with Gasteiger partial charge in [0, 0.05) is 13.2 Å². The summed E-state index contributed by atoms with van der Waals surface area (Å²) in [5, 5.41) is 8.61. The van der Waals surface area contributed by atoms with Crippen molar-refractivity contribution in [2.24, 2.45) is 0 Å². The number of hydrogen-bond donors (Lipinski definition) is 1. The smallest absolute Gasteiger partial charge is 0.396 e. The summed E-state index contributed by atoms with van der Waals surface area (Å²) in [5.41, 5.74) is -0.0947. The summed E-state index contributed by atoms with van der Waals surface area (Å²) < 4.78 is 42.9.